The predicted octanol–water partition coefficient (Wildman–Crippen LogP) is 3.72. The minimum atomic E-state index is 0.591. The molecule has 0 aromatic heterocycles. The van der Waals surface area contributed by atoms with Gasteiger partial charge in [0.05, 0.1) is 0 Å². The molecule has 0 aliphatic heterocycles. The van der Waals surface area contributed by atoms with Crippen LogP contribution in [0.3, 0.4) is 0 Å². The van der Waals surface area contributed by atoms with Crippen molar-refractivity contribution in [3.63, 3.8) is 0 Å². The normalized spacial score (nSPS) is 23.4. The molecule has 0 bridgehead atoms. The van der Waals surface area contributed by atoms with Crippen LogP contribution in [0.25, 0.3) is 0 Å². The quantitative estimate of drug-likeness (QED) is 0.708. The summed E-state index contributed by atoms with van der Waals surface area (Å²) < 4.78 is 0. The van der Waals surface area contributed by atoms with E-state index in [0.717, 1.165) is 22.9 Å². The van der Waals surface area contributed by atoms with E-state index in [4.69, 9.17) is 5.41 Å². The van der Waals surface area contributed by atoms with Crippen molar-refractivity contribution in [2.75, 3.05) is 17.7 Å². The Morgan fingerprint density at radius 3 is 2.83 bits per heavy atom. The Bertz CT molecular complexity index is 414. The van der Waals surface area contributed by atoms with E-state index in [1.807, 2.05) is 13.1 Å². The van der Waals surface area contributed by atoms with E-state index in [1.54, 1.807) is 0 Å². The molecule has 3 N–H and O–H groups in total. The lowest BCUT2D eigenvalue weighted by atomic mass is 9.87. The summed E-state index contributed by atoms with van der Waals surface area (Å²) in [7, 11) is 1.89. The zero-order valence-corrected chi connectivity index (χ0v) is 11.3. The average molecular weight is 245 g/mol. The first-order valence-electron chi connectivity index (χ1n) is 6.81. The van der Waals surface area contributed by atoms with Crippen molar-refractivity contribution in [3.05, 3.63) is 23.8 Å². The molecule has 0 amide bonds. The molecule has 1 saturated carbocycles. The maximum atomic E-state index is 7.44. The molecule has 18 heavy (non-hydrogen) atoms. The lowest BCUT2D eigenvalue weighted by molar-refractivity contribution is 0.358. The van der Waals surface area contributed by atoms with Gasteiger partial charge in [-0.25, -0.2) is 0 Å². The molecular formula is C15H23N3. The summed E-state index contributed by atoms with van der Waals surface area (Å²) in [5.41, 5.74) is 3.07. The lowest BCUT2D eigenvalue weighted by Crippen LogP contribution is -2.26. The molecule has 3 heteroatoms. The molecule has 1 aromatic rings. The van der Waals surface area contributed by atoms with Crippen molar-refractivity contribution < 1.29 is 0 Å². The molecule has 3 nitrogen and oxygen atoms in total. The van der Waals surface area contributed by atoms with Crippen molar-refractivity contribution in [2.45, 2.75) is 38.6 Å². The van der Waals surface area contributed by atoms with E-state index in [0.29, 0.717) is 6.04 Å². The van der Waals surface area contributed by atoms with Gasteiger partial charge in [0, 0.05) is 36.2 Å². The summed E-state index contributed by atoms with van der Waals surface area (Å²) in [6.07, 6.45) is 6.61. The second kappa shape index (κ2) is 5.89. The molecule has 2 rings (SSSR count). The molecule has 0 heterocycles. The highest BCUT2D eigenvalue weighted by Crippen LogP contribution is 2.27. The number of benzene rings is 1. The van der Waals surface area contributed by atoms with Gasteiger partial charge in [0.1, 0.15) is 0 Å². The van der Waals surface area contributed by atoms with Gasteiger partial charge in [0.15, 0.2) is 0 Å². The summed E-state index contributed by atoms with van der Waals surface area (Å²) in [4.78, 5) is 0. The van der Waals surface area contributed by atoms with Gasteiger partial charge < -0.3 is 16.0 Å². The van der Waals surface area contributed by atoms with E-state index in [1.165, 1.54) is 31.9 Å². The van der Waals surface area contributed by atoms with Gasteiger partial charge in [-0.1, -0.05) is 19.8 Å². The smallest absolute Gasteiger partial charge is 0.0428 e. The highest BCUT2D eigenvalue weighted by Gasteiger charge is 2.18. The Hall–Kier alpha value is -1.51. The van der Waals surface area contributed by atoms with Crippen LogP contribution < -0.4 is 10.6 Å². The van der Waals surface area contributed by atoms with Gasteiger partial charge in [-0.3, -0.25) is 0 Å². The van der Waals surface area contributed by atoms with Crippen LogP contribution in [0.4, 0.5) is 11.4 Å². The molecular weight excluding hydrogens is 222 g/mol. The third-order valence-corrected chi connectivity index (χ3v) is 3.78. The summed E-state index contributed by atoms with van der Waals surface area (Å²) in [5, 5.41) is 14.2. The van der Waals surface area contributed by atoms with Gasteiger partial charge in [0.25, 0.3) is 0 Å². The van der Waals surface area contributed by atoms with Crippen molar-refractivity contribution in [1.82, 2.24) is 0 Å². The summed E-state index contributed by atoms with van der Waals surface area (Å²) in [5.74, 6) is 0.829. The van der Waals surface area contributed by atoms with Crippen LogP contribution in [0.2, 0.25) is 0 Å². The van der Waals surface area contributed by atoms with E-state index >= 15 is 0 Å². The first-order chi connectivity index (χ1) is 8.72. The lowest BCUT2D eigenvalue weighted by Gasteiger charge is -2.28. The minimum absolute atomic E-state index is 0.591. The monoisotopic (exact) mass is 245 g/mol. The SMILES string of the molecule is CNc1ccc(NC2CCCC(C)C2)cc1C=N. The van der Waals surface area contributed by atoms with Crippen molar-refractivity contribution in [1.29, 1.82) is 5.41 Å². The standard InChI is InChI=1S/C15H23N3/c1-11-4-3-5-13(8-11)18-14-6-7-15(17-2)12(9-14)10-16/h6-7,9-11,13,16-18H,3-5,8H2,1-2H3. The molecule has 0 saturated heterocycles. The molecule has 1 fully saturated rings. The van der Waals surface area contributed by atoms with E-state index in [2.05, 4.69) is 29.7 Å². The number of nitrogens with one attached hydrogen (secondary N) is 3. The van der Waals surface area contributed by atoms with Crippen LogP contribution in [0.1, 0.15) is 38.2 Å². The number of hydrogen-bond acceptors (Lipinski definition) is 3. The van der Waals surface area contributed by atoms with Crippen LogP contribution in [0, 0.1) is 11.3 Å². The number of rotatable bonds is 4. The second-order valence-electron chi connectivity index (χ2n) is 5.31. The van der Waals surface area contributed by atoms with Gasteiger partial charge in [-0.05, 0) is 37.0 Å². The topological polar surface area (TPSA) is 47.9 Å². The Balaban J connectivity index is 2.07. The van der Waals surface area contributed by atoms with E-state index in [-0.39, 0.29) is 0 Å². The van der Waals surface area contributed by atoms with Gasteiger partial charge in [0.2, 0.25) is 0 Å². The van der Waals surface area contributed by atoms with Gasteiger partial charge in [-0.2, -0.15) is 0 Å². The Morgan fingerprint density at radius 2 is 2.17 bits per heavy atom. The van der Waals surface area contributed by atoms with Gasteiger partial charge >= 0.3 is 0 Å². The highest BCUT2D eigenvalue weighted by atomic mass is 14.9. The third kappa shape index (κ3) is 3.03. The maximum absolute atomic E-state index is 7.44. The van der Waals surface area contributed by atoms with Crippen LogP contribution in [0.5, 0.6) is 0 Å². The zero-order valence-electron chi connectivity index (χ0n) is 11.3. The minimum Gasteiger partial charge on any atom is -0.388 e. The Labute approximate surface area is 109 Å². The van der Waals surface area contributed by atoms with Crippen LogP contribution in [-0.4, -0.2) is 19.3 Å². The molecule has 1 aromatic carbocycles. The number of hydrogen-bond donors (Lipinski definition) is 3. The van der Waals surface area contributed by atoms with Crippen LogP contribution >= 0.6 is 0 Å². The van der Waals surface area contributed by atoms with Crippen molar-refractivity contribution in [2.24, 2.45) is 5.92 Å². The number of anilines is 2. The highest BCUT2D eigenvalue weighted by molar-refractivity contribution is 5.87. The molecule has 1 aliphatic carbocycles. The van der Waals surface area contributed by atoms with Crippen LogP contribution in [0.15, 0.2) is 18.2 Å². The summed E-state index contributed by atoms with van der Waals surface area (Å²) in [6.45, 7) is 2.33. The molecule has 2 unspecified atom stereocenters. The molecule has 2 atom stereocenters. The predicted molar refractivity (Wildman–Crippen MR) is 78.9 cm³/mol. The molecule has 0 radical (unpaired) electrons. The third-order valence-electron chi connectivity index (χ3n) is 3.78. The Morgan fingerprint density at radius 1 is 1.33 bits per heavy atom. The summed E-state index contributed by atoms with van der Waals surface area (Å²) in [6, 6.07) is 6.78. The average Bonchev–Trinajstić information content (AvgIpc) is 2.38. The van der Waals surface area contributed by atoms with E-state index in [9.17, 15) is 0 Å². The molecule has 1 aliphatic rings. The molecule has 0 spiro atoms. The first kappa shape index (κ1) is 12.9. The zero-order chi connectivity index (χ0) is 13.0. The van der Waals surface area contributed by atoms with Crippen molar-refractivity contribution >= 4 is 17.6 Å². The maximum Gasteiger partial charge on any atom is 0.0428 e. The fourth-order valence-corrected chi connectivity index (χ4v) is 2.80. The first-order valence-corrected chi connectivity index (χ1v) is 6.81. The van der Waals surface area contributed by atoms with Crippen LogP contribution in [-0.2, 0) is 0 Å². The fourth-order valence-electron chi connectivity index (χ4n) is 2.80. The van der Waals surface area contributed by atoms with Gasteiger partial charge in [-0.15, -0.1) is 0 Å². The Kier molecular flexibility index (Phi) is 4.24. The second-order valence-corrected chi connectivity index (χ2v) is 5.31. The van der Waals surface area contributed by atoms with Crippen molar-refractivity contribution in [3.8, 4) is 0 Å². The van der Waals surface area contributed by atoms with E-state index < -0.39 is 0 Å². The fraction of sp³-hybridized carbons (Fsp3) is 0.533. The summed E-state index contributed by atoms with van der Waals surface area (Å²) >= 11 is 0. The molecule has 98 valence electrons. The largest absolute Gasteiger partial charge is 0.388 e.